The maximum Gasteiger partial charge on any atom is 0.194 e. The standard InChI is InChI=1S/C18H16O4/c1-21-12-5-3-4-11-14(12)17(20)13-10-6-8-18(22-2,9-7-10)15(13)16(11)19/h3-6,8,10H,7,9H2,1-2H3/t10-,18-/m1/s1. The Labute approximate surface area is 128 Å². The van der Waals surface area contributed by atoms with E-state index in [1.54, 1.807) is 25.3 Å². The van der Waals surface area contributed by atoms with Gasteiger partial charge in [-0.25, -0.2) is 0 Å². The molecule has 2 bridgehead atoms. The number of fused-ring (bicyclic) bond motifs is 2. The van der Waals surface area contributed by atoms with Crippen LogP contribution in [0.2, 0.25) is 0 Å². The van der Waals surface area contributed by atoms with Crippen LogP contribution in [0.15, 0.2) is 41.5 Å². The molecule has 112 valence electrons. The van der Waals surface area contributed by atoms with Gasteiger partial charge in [0.2, 0.25) is 0 Å². The minimum absolute atomic E-state index is 0.00142. The third kappa shape index (κ3) is 1.45. The van der Waals surface area contributed by atoms with Crippen molar-refractivity contribution in [2.24, 2.45) is 5.92 Å². The molecule has 22 heavy (non-hydrogen) atoms. The SMILES string of the molecule is COc1cccc2c1C(=O)C1=C(C2=O)[C@@]2(OC)C=C[C@@H]1CC2. The molecule has 0 N–H and O–H groups in total. The number of rotatable bonds is 2. The van der Waals surface area contributed by atoms with Crippen LogP contribution in [0.5, 0.6) is 5.75 Å². The van der Waals surface area contributed by atoms with Crippen LogP contribution in [0.1, 0.15) is 33.6 Å². The predicted octanol–water partition coefficient (Wildman–Crippen LogP) is 2.74. The normalized spacial score (nSPS) is 28.7. The molecule has 2 atom stereocenters. The molecule has 0 unspecified atom stereocenters. The van der Waals surface area contributed by atoms with Crippen molar-refractivity contribution in [1.82, 2.24) is 0 Å². The summed E-state index contributed by atoms with van der Waals surface area (Å²) in [5, 5.41) is 0. The minimum atomic E-state index is -0.752. The molecule has 5 rings (SSSR count). The first-order valence-electron chi connectivity index (χ1n) is 7.38. The molecule has 4 heteroatoms. The quantitative estimate of drug-likeness (QED) is 0.787. The topological polar surface area (TPSA) is 52.6 Å². The summed E-state index contributed by atoms with van der Waals surface area (Å²) in [4.78, 5) is 26.1. The fourth-order valence-corrected chi connectivity index (χ4v) is 3.95. The maximum atomic E-state index is 13.0. The van der Waals surface area contributed by atoms with E-state index in [0.717, 1.165) is 12.8 Å². The summed E-state index contributed by atoms with van der Waals surface area (Å²) >= 11 is 0. The smallest absolute Gasteiger partial charge is 0.194 e. The molecule has 0 amide bonds. The van der Waals surface area contributed by atoms with Crippen molar-refractivity contribution in [2.75, 3.05) is 14.2 Å². The van der Waals surface area contributed by atoms with E-state index in [4.69, 9.17) is 9.47 Å². The molecule has 4 aliphatic rings. The van der Waals surface area contributed by atoms with Gasteiger partial charge in [0.1, 0.15) is 11.4 Å². The molecular formula is C18H16O4. The van der Waals surface area contributed by atoms with Crippen molar-refractivity contribution in [1.29, 1.82) is 0 Å². The first-order chi connectivity index (χ1) is 10.6. The number of ketones is 2. The van der Waals surface area contributed by atoms with Crippen LogP contribution in [0.3, 0.4) is 0 Å². The Morgan fingerprint density at radius 1 is 1.18 bits per heavy atom. The van der Waals surface area contributed by atoms with Crippen LogP contribution in [0, 0.1) is 5.92 Å². The fraction of sp³-hybridized carbons (Fsp3) is 0.333. The van der Waals surface area contributed by atoms with Gasteiger partial charge in [0.25, 0.3) is 0 Å². The number of ether oxygens (including phenoxy) is 2. The molecule has 0 fully saturated rings. The second kappa shape index (κ2) is 4.40. The van der Waals surface area contributed by atoms with Crippen LogP contribution in [0.4, 0.5) is 0 Å². The number of hydrogen-bond donors (Lipinski definition) is 0. The summed E-state index contributed by atoms with van der Waals surface area (Å²) in [7, 11) is 3.11. The lowest BCUT2D eigenvalue weighted by molar-refractivity contribution is 0.0342. The van der Waals surface area contributed by atoms with E-state index in [0.29, 0.717) is 28.0 Å². The molecule has 1 aromatic carbocycles. The lowest BCUT2D eigenvalue weighted by atomic mass is 9.62. The minimum Gasteiger partial charge on any atom is -0.496 e. The molecular weight excluding hydrogens is 280 g/mol. The third-order valence-electron chi connectivity index (χ3n) is 5.04. The Balaban J connectivity index is 2.00. The number of methoxy groups -OCH3 is 2. The van der Waals surface area contributed by atoms with Crippen LogP contribution < -0.4 is 4.74 Å². The van der Waals surface area contributed by atoms with E-state index >= 15 is 0 Å². The van der Waals surface area contributed by atoms with E-state index < -0.39 is 5.60 Å². The van der Waals surface area contributed by atoms with Gasteiger partial charge in [-0.2, -0.15) is 0 Å². The number of hydrogen-bond acceptors (Lipinski definition) is 4. The number of benzene rings is 1. The van der Waals surface area contributed by atoms with Gasteiger partial charge < -0.3 is 9.47 Å². The predicted molar refractivity (Wildman–Crippen MR) is 80.3 cm³/mol. The number of carbonyl (C=O) groups is 2. The molecule has 0 heterocycles. The molecule has 4 nitrogen and oxygen atoms in total. The number of Topliss-reactive ketones (excluding diaryl/α,β-unsaturated/α-hetero) is 2. The van der Waals surface area contributed by atoms with Crippen LogP contribution in [-0.2, 0) is 4.74 Å². The largest absolute Gasteiger partial charge is 0.496 e. The summed E-state index contributed by atoms with van der Waals surface area (Å²) in [6.45, 7) is 0. The fourth-order valence-electron chi connectivity index (χ4n) is 3.95. The van der Waals surface area contributed by atoms with E-state index in [9.17, 15) is 9.59 Å². The zero-order valence-corrected chi connectivity index (χ0v) is 12.5. The van der Waals surface area contributed by atoms with Crippen molar-refractivity contribution >= 4 is 11.6 Å². The third-order valence-corrected chi connectivity index (χ3v) is 5.04. The molecule has 0 saturated carbocycles. The van der Waals surface area contributed by atoms with Gasteiger partial charge >= 0.3 is 0 Å². The highest BCUT2D eigenvalue weighted by atomic mass is 16.5. The van der Waals surface area contributed by atoms with Crippen molar-refractivity contribution < 1.29 is 19.1 Å². The molecule has 0 radical (unpaired) electrons. The Kier molecular flexibility index (Phi) is 2.69. The maximum absolute atomic E-state index is 13.0. The van der Waals surface area contributed by atoms with Crippen molar-refractivity contribution in [3.63, 3.8) is 0 Å². The van der Waals surface area contributed by atoms with Crippen molar-refractivity contribution in [3.05, 3.63) is 52.6 Å². The van der Waals surface area contributed by atoms with Gasteiger partial charge in [-0.05, 0) is 18.9 Å². The Morgan fingerprint density at radius 2 is 2.00 bits per heavy atom. The van der Waals surface area contributed by atoms with Crippen LogP contribution >= 0.6 is 0 Å². The zero-order chi connectivity index (χ0) is 15.5. The highest BCUT2D eigenvalue weighted by Gasteiger charge is 2.51. The molecule has 0 aliphatic heterocycles. The summed E-state index contributed by atoms with van der Waals surface area (Å²) in [6, 6.07) is 5.15. The van der Waals surface area contributed by atoms with Crippen molar-refractivity contribution in [3.8, 4) is 5.75 Å². The average Bonchev–Trinajstić information content (AvgIpc) is 2.59. The van der Waals surface area contributed by atoms with Gasteiger partial charge in [0.15, 0.2) is 11.6 Å². The summed E-state index contributed by atoms with van der Waals surface area (Å²) < 4.78 is 11.0. The first-order valence-corrected chi connectivity index (χ1v) is 7.38. The highest BCUT2D eigenvalue weighted by Crippen LogP contribution is 2.50. The average molecular weight is 296 g/mol. The highest BCUT2D eigenvalue weighted by molar-refractivity contribution is 6.29. The van der Waals surface area contributed by atoms with Crippen molar-refractivity contribution in [2.45, 2.75) is 18.4 Å². The van der Waals surface area contributed by atoms with Gasteiger partial charge in [0.05, 0.1) is 12.7 Å². The van der Waals surface area contributed by atoms with Gasteiger partial charge in [-0.3, -0.25) is 9.59 Å². The van der Waals surface area contributed by atoms with E-state index in [1.807, 2.05) is 12.2 Å². The van der Waals surface area contributed by atoms with E-state index in [2.05, 4.69) is 0 Å². The Morgan fingerprint density at radius 3 is 2.64 bits per heavy atom. The zero-order valence-electron chi connectivity index (χ0n) is 12.5. The van der Waals surface area contributed by atoms with Gasteiger partial charge in [-0.1, -0.05) is 24.3 Å². The number of allylic oxidation sites excluding steroid dienone is 2. The Hall–Kier alpha value is -2.20. The lowest BCUT2D eigenvalue weighted by Gasteiger charge is -2.45. The molecule has 1 aromatic rings. The second-order valence-corrected chi connectivity index (χ2v) is 5.93. The first kappa shape index (κ1) is 13.5. The lowest BCUT2D eigenvalue weighted by Crippen LogP contribution is -2.47. The Bertz CT molecular complexity index is 771. The summed E-state index contributed by atoms with van der Waals surface area (Å²) in [5.74, 6) is 0.248. The second-order valence-electron chi connectivity index (χ2n) is 5.93. The molecule has 0 aromatic heterocycles. The van der Waals surface area contributed by atoms with E-state index in [-0.39, 0.29) is 17.5 Å². The van der Waals surface area contributed by atoms with Crippen LogP contribution in [-0.4, -0.2) is 31.4 Å². The summed E-state index contributed by atoms with van der Waals surface area (Å²) in [6.07, 6.45) is 5.50. The van der Waals surface area contributed by atoms with Gasteiger partial charge in [-0.15, -0.1) is 0 Å². The molecule has 0 saturated heterocycles. The number of carbonyl (C=O) groups excluding carboxylic acids is 2. The van der Waals surface area contributed by atoms with E-state index in [1.165, 1.54) is 7.11 Å². The van der Waals surface area contributed by atoms with Crippen LogP contribution in [0.25, 0.3) is 0 Å². The molecule has 0 spiro atoms. The van der Waals surface area contributed by atoms with Gasteiger partial charge in [0, 0.05) is 29.7 Å². The summed E-state index contributed by atoms with van der Waals surface area (Å²) in [5.41, 5.74) is 1.18. The molecule has 4 aliphatic carbocycles. The monoisotopic (exact) mass is 296 g/mol.